The van der Waals surface area contributed by atoms with Crippen molar-refractivity contribution in [3.63, 3.8) is 0 Å². The molecule has 0 saturated heterocycles. The Morgan fingerprint density at radius 3 is 2.04 bits per heavy atom. The summed E-state index contributed by atoms with van der Waals surface area (Å²) in [5.74, 6) is -0.191. The molecule has 2 rings (SSSR count). The van der Waals surface area contributed by atoms with E-state index in [0.29, 0.717) is 18.7 Å². The second kappa shape index (κ2) is 8.15. The van der Waals surface area contributed by atoms with Crippen LogP contribution in [0, 0.1) is 0 Å². The summed E-state index contributed by atoms with van der Waals surface area (Å²) in [5.41, 5.74) is 2.50. The number of hydrogen-bond donors (Lipinski definition) is 1. The minimum absolute atomic E-state index is 0.0541. The standard InChI is InChI=1S/C19H23N3O2/c1-15(23)22(18-11-9-17(10-12-18)21(2)3)14-13-20-19(24)16-7-5-4-6-8-16/h4-12H,13-14H2,1-3H3,(H,20,24). The van der Waals surface area contributed by atoms with Crippen molar-refractivity contribution in [3.8, 4) is 0 Å². The molecule has 1 N–H and O–H groups in total. The maximum atomic E-state index is 12.0. The summed E-state index contributed by atoms with van der Waals surface area (Å²) in [6, 6.07) is 16.8. The van der Waals surface area contributed by atoms with E-state index in [1.54, 1.807) is 17.0 Å². The zero-order valence-corrected chi connectivity index (χ0v) is 14.3. The summed E-state index contributed by atoms with van der Waals surface area (Å²) in [4.78, 5) is 27.6. The number of carbonyl (C=O) groups is 2. The van der Waals surface area contributed by atoms with E-state index >= 15 is 0 Å². The smallest absolute Gasteiger partial charge is 0.251 e. The Labute approximate surface area is 142 Å². The topological polar surface area (TPSA) is 52.7 Å². The molecule has 0 fully saturated rings. The van der Waals surface area contributed by atoms with Crippen LogP contribution in [0.2, 0.25) is 0 Å². The van der Waals surface area contributed by atoms with Crippen molar-refractivity contribution in [1.29, 1.82) is 0 Å². The fraction of sp³-hybridized carbons (Fsp3) is 0.263. The van der Waals surface area contributed by atoms with Crippen molar-refractivity contribution in [2.45, 2.75) is 6.92 Å². The van der Waals surface area contributed by atoms with Gasteiger partial charge in [0.25, 0.3) is 5.91 Å². The Morgan fingerprint density at radius 2 is 1.50 bits per heavy atom. The van der Waals surface area contributed by atoms with Crippen LogP contribution in [-0.4, -0.2) is 39.0 Å². The van der Waals surface area contributed by atoms with Crippen LogP contribution in [0.1, 0.15) is 17.3 Å². The number of anilines is 2. The summed E-state index contributed by atoms with van der Waals surface area (Å²) in [6.45, 7) is 2.34. The van der Waals surface area contributed by atoms with Gasteiger partial charge in [-0.1, -0.05) is 18.2 Å². The summed E-state index contributed by atoms with van der Waals surface area (Å²) in [6.07, 6.45) is 0. The molecule has 2 amide bonds. The van der Waals surface area contributed by atoms with E-state index in [9.17, 15) is 9.59 Å². The average Bonchev–Trinajstić information content (AvgIpc) is 2.59. The van der Waals surface area contributed by atoms with Crippen LogP contribution >= 0.6 is 0 Å². The van der Waals surface area contributed by atoms with E-state index < -0.39 is 0 Å². The van der Waals surface area contributed by atoms with Gasteiger partial charge in [-0.25, -0.2) is 0 Å². The zero-order chi connectivity index (χ0) is 17.5. The highest BCUT2D eigenvalue weighted by molar-refractivity contribution is 5.94. The zero-order valence-electron chi connectivity index (χ0n) is 14.3. The lowest BCUT2D eigenvalue weighted by molar-refractivity contribution is -0.116. The lowest BCUT2D eigenvalue weighted by Crippen LogP contribution is -2.37. The highest BCUT2D eigenvalue weighted by Gasteiger charge is 2.12. The molecule has 0 spiro atoms. The molecular formula is C19H23N3O2. The Hall–Kier alpha value is -2.82. The molecule has 0 bridgehead atoms. The second-order valence-electron chi connectivity index (χ2n) is 5.70. The largest absolute Gasteiger partial charge is 0.378 e. The maximum Gasteiger partial charge on any atom is 0.251 e. The van der Waals surface area contributed by atoms with Crippen molar-refractivity contribution in [3.05, 3.63) is 60.2 Å². The first kappa shape index (κ1) is 17.5. The molecule has 0 saturated carbocycles. The lowest BCUT2D eigenvalue weighted by atomic mass is 10.2. The quantitative estimate of drug-likeness (QED) is 0.888. The fourth-order valence-corrected chi connectivity index (χ4v) is 2.37. The molecule has 0 aliphatic rings. The van der Waals surface area contributed by atoms with E-state index in [0.717, 1.165) is 11.4 Å². The Morgan fingerprint density at radius 1 is 0.917 bits per heavy atom. The minimum atomic E-state index is -0.137. The Balaban J connectivity index is 1.96. The highest BCUT2D eigenvalue weighted by atomic mass is 16.2. The second-order valence-corrected chi connectivity index (χ2v) is 5.70. The molecule has 0 atom stereocenters. The first-order chi connectivity index (χ1) is 11.5. The van der Waals surface area contributed by atoms with Gasteiger partial charge in [-0.3, -0.25) is 9.59 Å². The van der Waals surface area contributed by atoms with Crippen molar-refractivity contribution in [2.75, 3.05) is 37.0 Å². The maximum absolute atomic E-state index is 12.0. The third kappa shape index (κ3) is 4.59. The molecule has 0 heterocycles. The Bertz CT molecular complexity index is 682. The molecule has 0 radical (unpaired) electrons. The lowest BCUT2D eigenvalue weighted by Gasteiger charge is -2.22. The fourth-order valence-electron chi connectivity index (χ4n) is 2.37. The molecule has 0 aromatic heterocycles. The number of hydrogen-bond acceptors (Lipinski definition) is 3. The molecule has 24 heavy (non-hydrogen) atoms. The van der Waals surface area contributed by atoms with E-state index in [1.807, 2.05) is 61.5 Å². The first-order valence-corrected chi connectivity index (χ1v) is 7.88. The van der Waals surface area contributed by atoms with Gasteiger partial charge in [0.2, 0.25) is 5.91 Å². The molecule has 5 heteroatoms. The van der Waals surface area contributed by atoms with Gasteiger partial charge < -0.3 is 15.1 Å². The molecule has 5 nitrogen and oxygen atoms in total. The first-order valence-electron chi connectivity index (χ1n) is 7.88. The van der Waals surface area contributed by atoms with Gasteiger partial charge in [0.05, 0.1) is 0 Å². The summed E-state index contributed by atoms with van der Waals surface area (Å²) < 4.78 is 0. The van der Waals surface area contributed by atoms with Crippen LogP contribution < -0.4 is 15.1 Å². The SMILES string of the molecule is CC(=O)N(CCNC(=O)c1ccccc1)c1ccc(N(C)C)cc1. The molecule has 126 valence electrons. The number of amides is 2. The summed E-state index contributed by atoms with van der Waals surface area (Å²) in [5, 5.41) is 2.84. The molecular weight excluding hydrogens is 302 g/mol. The Kier molecular flexibility index (Phi) is 5.95. The summed E-state index contributed by atoms with van der Waals surface area (Å²) in [7, 11) is 3.94. The van der Waals surface area contributed by atoms with Crippen LogP contribution in [0.25, 0.3) is 0 Å². The third-order valence-electron chi connectivity index (χ3n) is 3.71. The molecule has 2 aromatic carbocycles. The van der Waals surface area contributed by atoms with Crippen molar-refractivity contribution >= 4 is 23.2 Å². The third-order valence-corrected chi connectivity index (χ3v) is 3.71. The van der Waals surface area contributed by atoms with Crippen LogP contribution in [0.3, 0.4) is 0 Å². The highest BCUT2D eigenvalue weighted by Crippen LogP contribution is 2.19. The van der Waals surface area contributed by atoms with Crippen molar-refractivity contribution < 1.29 is 9.59 Å². The predicted molar refractivity (Wildman–Crippen MR) is 97.6 cm³/mol. The molecule has 2 aromatic rings. The number of benzene rings is 2. The van der Waals surface area contributed by atoms with Gasteiger partial charge in [0.15, 0.2) is 0 Å². The van der Waals surface area contributed by atoms with Crippen molar-refractivity contribution in [1.82, 2.24) is 5.32 Å². The molecule has 0 unspecified atom stereocenters. The number of nitrogens with zero attached hydrogens (tertiary/aromatic N) is 2. The number of rotatable bonds is 6. The normalized spacial score (nSPS) is 10.1. The van der Waals surface area contributed by atoms with Crippen LogP contribution in [-0.2, 0) is 4.79 Å². The van der Waals surface area contributed by atoms with Crippen molar-refractivity contribution in [2.24, 2.45) is 0 Å². The number of carbonyl (C=O) groups excluding carboxylic acids is 2. The summed E-state index contributed by atoms with van der Waals surface area (Å²) >= 11 is 0. The number of nitrogens with one attached hydrogen (secondary N) is 1. The van der Waals surface area contributed by atoms with Crippen LogP contribution in [0.4, 0.5) is 11.4 Å². The van der Waals surface area contributed by atoms with Crippen LogP contribution in [0.5, 0.6) is 0 Å². The average molecular weight is 325 g/mol. The monoisotopic (exact) mass is 325 g/mol. The van der Waals surface area contributed by atoms with E-state index in [1.165, 1.54) is 6.92 Å². The minimum Gasteiger partial charge on any atom is -0.378 e. The molecule has 0 aliphatic heterocycles. The van der Waals surface area contributed by atoms with Gasteiger partial charge in [0, 0.05) is 51.0 Å². The van der Waals surface area contributed by atoms with Gasteiger partial charge >= 0.3 is 0 Å². The molecule has 0 aliphatic carbocycles. The van der Waals surface area contributed by atoms with Gasteiger partial charge in [-0.05, 0) is 36.4 Å². The van der Waals surface area contributed by atoms with Crippen LogP contribution in [0.15, 0.2) is 54.6 Å². The van der Waals surface area contributed by atoms with E-state index in [2.05, 4.69) is 5.32 Å². The van der Waals surface area contributed by atoms with Gasteiger partial charge in [-0.2, -0.15) is 0 Å². The van der Waals surface area contributed by atoms with Gasteiger partial charge in [0.1, 0.15) is 0 Å². The van der Waals surface area contributed by atoms with E-state index in [4.69, 9.17) is 0 Å². The van der Waals surface area contributed by atoms with Gasteiger partial charge in [-0.15, -0.1) is 0 Å². The predicted octanol–water partition coefficient (Wildman–Crippen LogP) is 2.54. The van der Waals surface area contributed by atoms with E-state index in [-0.39, 0.29) is 11.8 Å².